The molecule has 10 atom stereocenters. The summed E-state index contributed by atoms with van der Waals surface area (Å²) in [6.45, 7) is 15.0. The van der Waals surface area contributed by atoms with Crippen molar-refractivity contribution in [1.29, 1.82) is 0 Å². The topological polar surface area (TPSA) is 97.2 Å². The number of amides is 2. The summed E-state index contributed by atoms with van der Waals surface area (Å²) >= 11 is 0. The maximum Gasteiger partial charge on any atom is 0.273 e. The van der Waals surface area contributed by atoms with Crippen LogP contribution in [0.5, 0.6) is 0 Å². The number of hydrogen-bond acceptors (Lipinski definition) is 6. The zero-order valence-electron chi connectivity index (χ0n) is 32.1. The number of likely N-dealkylation sites (tertiary alicyclic amines) is 1. The fourth-order valence-corrected chi connectivity index (χ4v) is 12.8. The van der Waals surface area contributed by atoms with Gasteiger partial charge >= 0.3 is 0 Å². The first-order chi connectivity index (χ1) is 24.7. The molecule has 3 heterocycles. The van der Waals surface area contributed by atoms with Gasteiger partial charge in [0.25, 0.3) is 5.91 Å². The van der Waals surface area contributed by atoms with E-state index in [0.717, 1.165) is 68.8 Å². The molecule has 52 heavy (non-hydrogen) atoms. The number of carbonyl (C=O) groups excluding carboxylic acids is 2. The number of benzene rings is 1. The highest BCUT2D eigenvalue weighted by Crippen LogP contribution is 2.68. The molecule has 2 amide bonds. The number of aliphatic hydroxyl groups excluding tert-OH is 1. The Bertz CT molecular complexity index is 1780. The predicted octanol–water partition coefficient (Wildman–Crippen LogP) is 5.98. The van der Waals surface area contributed by atoms with Crippen LogP contribution >= 0.6 is 0 Å². The second-order valence-corrected chi connectivity index (χ2v) is 23.8. The molecule has 1 aromatic carbocycles. The first kappa shape index (κ1) is 36.2. The number of rotatable bonds is 3. The van der Waals surface area contributed by atoms with E-state index >= 15 is 0 Å². The third kappa shape index (κ3) is 6.04. The first-order valence-electron chi connectivity index (χ1n) is 20.3. The highest BCUT2D eigenvalue weighted by atomic mass is 28.3. The third-order valence-electron chi connectivity index (χ3n) is 15.2. The Balaban J connectivity index is 0.923. The molecule has 6 aliphatic rings. The number of aliphatic hydroxyl groups is 2. The Morgan fingerprint density at radius 3 is 2.40 bits per heavy atom. The van der Waals surface area contributed by atoms with Crippen LogP contribution in [0.15, 0.2) is 36.5 Å². The summed E-state index contributed by atoms with van der Waals surface area (Å²) in [7, 11) is -1.60. The summed E-state index contributed by atoms with van der Waals surface area (Å²) in [6, 6.07) is 9.39. The van der Waals surface area contributed by atoms with Crippen molar-refractivity contribution >= 4 is 30.7 Å². The fourth-order valence-electron chi connectivity index (χ4n) is 12.3. The number of carbonyl (C=O) groups is 2. The molecule has 2 N–H and O–H groups in total. The Morgan fingerprint density at radius 2 is 1.65 bits per heavy atom. The van der Waals surface area contributed by atoms with Gasteiger partial charge < -0.3 is 20.0 Å². The standard InChI is InChI=1S/C43H60N4O4Si/c1-41-27-37(38(48)26-31(41)12-13-32-33(41)14-16-42(2)34(32)15-17-43(42,51)18-24-52(3,4)5)45-20-22-46(23-21-45)40(50)36-11-8-19-47(36)39(49)35-25-29-9-6-7-10-30(29)28-44-35/h6-7,9-10,25,28,31-34,36-38,48,51H,8,11-17,19-23,26-27H2,1-5H3/t31-,32+,33-,34-,36-,37-,38-,41-,42-,43+/m0/s1. The summed E-state index contributed by atoms with van der Waals surface area (Å²) in [5, 5.41) is 25.7. The molecular formula is C43H60N4O4Si. The minimum Gasteiger partial charge on any atom is -0.391 e. The van der Waals surface area contributed by atoms with Crippen molar-refractivity contribution < 1.29 is 19.8 Å². The molecule has 280 valence electrons. The van der Waals surface area contributed by atoms with E-state index in [2.05, 4.69) is 54.8 Å². The molecule has 0 radical (unpaired) electrons. The third-order valence-corrected chi connectivity index (χ3v) is 16.1. The van der Waals surface area contributed by atoms with Crippen molar-refractivity contribution in [2.45, 2.75) is 121 Å². The molecule has 2 aliphatic heterocycles. The highest BCUT2D eigenvalue weighted by Gasteiger charge is 2.65. The smallest absolute Gasteiger partial charge is 0.273 e. The molecule has 6 fully saturated rings. The molecule has 8 nitrogen and oxygen atoms in total. The van der Waals surface area contributed by atoms with Crippen LogP contribution in [-0.2, 0) is 4.79 Å². The summed E-state index contributed by atoms with van der Waals surface area (Å²) < 4.78 is 0. The Labute approximate surface area is 311 Å². The molecule has 8 rings (SSSR count). The number of pyridine rings is 1. The van der Waals surface area contributed by atoms with Gasteiger partial charge in [-0.25, -0.2) is 0 Å². The maximum absolute atomic E-state index is 14.0. The van der Waals surface area contributed by atoms with Crippen LogP contribution in [-0.4, -0.2) is 106 Å². The lowest BCUT2D eigenvalue weighted by Gasteiger charge is -2.63. The van der Waals surface area contributed by atoms with Crippen LogP contribution in [0.1, 0.15) is 88.5 Å². The molecule has 0 bridgehead atoms. The normalized spacial score (nSPS) is 39.3. The van der Waals surface area contributed by atoms with E-state index in [9.17, 15) is 19.8 Å². The van der Waals surface area contributed by atoms with Gasteiger partial charge in [-0.3, -0.25) is 19.5 Å². The van der Waals surface area contributed by atoms with Gasteiger partial charge in [-0.1, -0.05) is 63.7 Å². The number of hydrogen-bond donors (Lipinski definition) is 2. The van der Waals surface area contributed by atoms with Gasteiger partial charge in [-0.05, 0) is 105 Å². The van der Waals surface area contributed by atoms with E-state index < -0.39 is 19.7 Å². The number of aromatic nitrogens is 1. The minimum absolute atomic E-state index is 0.0499. The van der Waals surface area contributed by atoms with Crippen molar-refractivity contribution in [2.75, 3.05) is 32.7 Å². The lowest BCUT2D eigenvalue weighted by molar-refractivity contribution is -0.163. The first-order valence-corrected chi connectivity index (χ1v) is 23.8. The quantitative estimate of drug-likeness (QED) is 0.299. The average Bonchev–Trinajstić information content (AvgIpc) is 3.72. The van der Waals surface area contributed by atoms with Gasteiger partial charge in [-0.15, -0.1) is 5.54 Å². The predicted molar refractivity (Wildman–Crippen MR) is 207 cm³/mol. The van der Waals surface area contributed by atoms with E-state index in [1.165, 1.54) is 12.8 Å². The number of nitrogens with zero attached hydrogens (tertiary/aromatic N) is 4. The van der Waals surface area contributed by atoms with Crippen LogP contribution in [0.4, 0.5) is 0 Å². The lowest BCUT2D eigenvalue weighted by Crippen LogP contribution is -2.63. The van der Waals surface area contributed by atoms with Crippen molar-refractivity contribution in [2.24, 2.45) is 34.5 Å². The van der Waals surface area contributed by atoms with Gasteiger partial charge in [0.15, 0.2) is 0 Å². The van der Waals surface area contributed by atoms with Gasteiger partial charge in [0.05, 0.1) is 6.10 Å². The van der Waals surface area contributed by atoms with Gasteiger partial charge in [0, 0.05) is 55.8 Å². The fraction of sp³-hybridized carbons (Fsp3) is 0.698. The van der Waals surface area contributed by atoms with Gasteiger partial charge in [-0.2, -0.15) is 0 Å². The van der Waals surface area contributed by atoms with E-state index in [1.54, 1.807) is 11.1 Å². The van der Waals surface area contributed by atoms with E-state index in [1.807, 2.05) is 35.2 Å². The zero-order valence-corrected chi connectivity index (χ0v) is 33.1. The van der Waals surface area contributed by atoms with Crippen molar-refractivity contribution in [1.82, 2.24) is 19.7 Å². The van der Waals surface area contributed by atoms with Crippen LogP contribution in [0.3, 0.4) is 0 Å². The second-order valence-electron chi connectivity index (χ2n) is 19.0. The molecule has 2 aromatic rings. The van der Waals surface area contributed by atoms with E-state index in [0.29, 0.717) is 55.4 Å². The van der Waals surface area contributed by atoms with Crippen molar-refractivity contribution in [3.05, 3.63) is 42.2 Å². The molecule has 4 saturated carbocycles. The Morgan fingerprint density at radius 1 is 0.923 bits per heavy atom. The Kier molecular flexibility index (Phi) is 9.20. The average molecular weight is 725 g/mol. The van der Waals surface area contributed by atoms with Crippen LogP contribution in [0.2, 0.25) is 19.6 Å². The largest absolute Gasteiger partial charge is 0.391 e. The number of piperazine rings is 1. The summed E-state index contributed by atoms with van der Waals surface area (Å²) in [5.41, 5.74) is 3.07. The summed E-state index contributed by atoms with van der Waals surface area (Å²) in [5.74, 6) is 5.62. The van der Waals surface area contributed by atoms with Crippen LogP contribution in [0.25, 0.3) is 10.8 Å². The van der Waals surface area contributed by atoms with Gasteiger partial charge in [0.2, 0.25) is 5.91 Å². The molecule has 0 unspecified atom stereocenters. The Hall–Kier alpha value is -2.77. The molecule has 2 saturated heterocycles. The molecular weight excluding hydrogens is 665 g/mol. The second kappa shape index (κ2) is 13.2. The minimum atomic E-state index is -1.60. The van der Waals surface area contributed by atoms with Crippen molar-refractivity contribution in [3.63, 3.8) is 0 Å². The van der Waals surface area contributed by atoms with Gasteiger partial charge in [0.1, 0.15) is 25.4 Å². The van der Waals surface area contributed by atoms with Crippen molar-refractivity contribution in [3.8, 4) is 11.5 Å². The SMILES string of the molecule is C[C@]12C[C@H](N3CCN(C(=O)[C@@H]4CCCN4C(=O)c4cc5ccccc5cn4)CC3)[C@@H](O)C[C@@H]1CC[C@@H]1[C@@H]2CC[C@@]2(C)[C@H]1CC[C@@]2(O)C#C[Si](C)(C)C. The number of fused-ring (bicyclic) bond motifs is 6. The summed E-state index contributed by atoms with van der Waals surface area (Å²) in [6.07, 6.45) is 11.2. The molecule has 4 aliphatic carbocycles. The van der Waals surface area contributed by atoms with E-state index in [-0.39, 0.29) is 34.8 Å². The zero-order chi connectivity index (χ0) is 36.6. The molecule has 1 aromatic heterocycles. The maximum atomic E-state index is 14.0. The monoisotopic (exact) mass is 724 g/mol. The van der Waals surface area contributed by atoms with Crippen LogP contribution < -0.4 is 0 Å². The van der Waals surface area contributed by atoms with E-state index in [4.69, 9.17) is 0 Å². The summed E-state index contributed by atoms with van der Waals surface area (Å²) in [4.78, 5) is 38.3. The lowest BCUT2D eigenvalue weighted by atomic mass is 9.44. The molecule has 0 spiro atoms. The van der Waals surface area contributed by atoms with Crippen LogP contribution in [0, 0.1) is 46.0 Å². The molecule has 9 heteroatoms. The highest BCUT2D eigenvalue weighted by molar-refractivity contribution is 6.83.